The zero-order valence-corrected chi connectivity index (χ0v) is 11.2. The van der Waals surface area contributed by atoms with Crippen LogP contribution in [0.1, 0.15) is 12.1 Å². The van der Waals surface area contributed by atoms with Crippen molar-refractivity contribution in [3.05, 3.63) is 29.5 Å². The van der Waals surface area contributed by atoms with Crippen molar-refractivity contribution >= 4 is 17.2 Å². The van der Waals surface area contributed by atoms with Gasteiger partial charge in [0.05, 0.1) is 24.4 Å². The van der Waals surface area contributed by atoms with Crippen LogP contribution in [-0.4, -0.2) is 24.0 Å². The zero-order chi connectivity index (χ0) is 13.1. The van der Waals surface area contributed by atoms with Gasteiger partial charge < -0.3 is 15.1 Å². The smallest absolute Gasteiger partial charge is 0.224 e. The molecule has 2 aromatic heterocycles. The fraction of sp³-hybridized carbons (Fsp3) is 0.385. The molecule has 2 N–H and O–H groups in total. The van der Waals surface area contributed by atoms with E-state index in [1.807, 2.05) is 17.5 Å². The lowest BCUT2D eigenvalue weighted by Gasteiger charge is -2.08. The maximum absolute atomic E-state index is 11.9. The van der Waals surface area contributed by atoms with Crippen LogP contribution in [0.5, 0.6) is 0 Å². The second-order valence-electron chi connectivity index (χ2n) is 4.53. The van der Waals surface area contributed by atoms with Crippen LogP contribution in [-0.2, 0) is 11.3 Å². The van der Waals surface area contributed by atoms with Crippen molar-refractivity contribution in [3.8, 4) is 10.8 Å². The van der Waals surface area contributed by atoms with Gasteiger partial charge in [0.2, 0.25) is 5.91 Å². The highest BCUT2D eigenvalue weighted by molar-refractivity contribution is 7.13. The highest BCUT2D eigenvalue weighted by Gasteiger charge is 2.22. The molecule has 0 aromatic carbocycles. The summed E-state index contributed by atoms with van der Waals surface area (Å²) in [4.78, 5) is 16.3. The maximum atomic E-state index is 11.9. The molecule has 1 fully saturated rings. The summed E-state index contributed by atoms with van der Waals surface area (Å²) >= 11 is 1.52. The Morgan fingerprint density at radius 3 is 3.32 bits per heavy atom. The molecular weight excluding hydrogens is 262 g/mol. The number of nitrogens with zero attached hydrogens (tertiary/aromatic N) is 1. The summed E-state index contributed by atoms with van der Waals surface area (Å²) < 4.78 is 5.29. The second kappa shape index (κ2) is 5.54. The van der Waals surface area contributed by atoms with Gasteiger partial charge in [-0.05, 0) is 25.1 Å². The number of thiazole rings is 1. The molecule has 6 heteroatoms. The number of hydrogen-bond donors (Lipinski definition) is 2. The van der Waals surface area contributed by atoms with Crippen LogP contribution >= 0.6 is 11.3 Å². The monoisotopic (exact) mass is 277 g/mol. The first-order valence-corrected chi connectivity index (χ1v) is 7.17. The van der Waals surface area contributed by atoms with E-state index in [2.05, 4.69) is 15.6 Å². The van der Waals surface area contributed by atoms with Gasteiger partial charge in [0.25, 0.3) is 0 Å². The maximum Gasteiger partial charge on any atom is 0.224 e. The SMILES string of the molecule is O=C(NCc1csc(-c2ccco2)n1)C1CCNC1. The number of carbonyl (C=O) groups is 1. The van der Waals surface area contributed by atoms with Crippen molar-refractivity contribution < 1.29 is 9.21 Å². The van der Waals surface area contributed by atoms with E-state index >= 15 is 0 Å². The van der Waals surface area contributed by atoms with Crippen LogP contribution < -0.4 is 10.6 Å². The van der Waals surface area contributed by atoms with Crippen molar-refractivity contribution in [2.24, 2.45) is 5.92 Å². The number of aromatic nitrogens is 1. The van der Waals surface area contributed by atoms with Crippen LogP contribution in [0.3, 0.4) is 0 Å². The predicted molar refractivity (Wildman–Crippen MR) is 72.6 cm³/mol. The van der Waals surface area contributed by atoms with E-state index in [1.54, 1.807) is 6.26 Å². The van der Waals surface area contributed by atoms with E-state index in [0.717, 1.165) is 36.0 Å². The Labute approximate surface area is 115 Å². The number of rotatable bonds is 4. The fourth-order valence-electron chi connectivity index (χ4n) is 2.10. The normalized spacial score (nSPS) is 18.6. The van der Waals surface area contributed by atoms with E-state index in [4.69, 9.17) is 4.42 Å². The Kier molecular flexibility index (Phi) is 3.61. The van der Waals surface area contributed by atoms with Crippen molar-refractivity contribution in [2.75, 3.05) is 13.1 Å². The van der Waals surface area contributed by atoms with Crippen molar-refractivity contribution in [1.82, 2.24) is 15.6 Å². The third-order valence-electron chi connectivity index (χ3n) is 3.16. The zero-order valence-electron chi connectivity index (χ0n) is 10.4. The molecule has 1 unspecified atom stereocenters. The van der Waals surface area contributed by atoms with Crippen molar-refractivity contribution in [1.29, 1.82) is 0 Å². The molecule has 3 heterocycles. The second-order valence-corrected chi connectivity index (χ2v) is 5.39. The average Bonchev–Trinajstić information content (AvgIpc) is 3.14. The number of nitrogens with one attached hydrogen (secondary N) is 2. The van der Waals surface area contributed by atoms with E-state index < -0.39 is 0 Å². The van der Waals surface area contributed by atoms with Gasteiger partial charge in [0.15, 0.2) is 10.8 Å². The van der Waals surface area contributed by atoms with Gasteiger partial charge >= 0.3 is 0 Å². The summed E-state index contributed by atoms with van der Waals surface area (Å²) in [5.74, 6) is 0.975. The number of carbonyl (C=O) groups excluding carboxylic acids is 1. The van der Waals surface area contributed by atoms with E-state index in [-0.39, 0.29) is 11.8 Å². The van der Waals surface area contributed by atoms with Crippen LogP contribution in [0, 0.1) is 5.92 Å². The number of hydrogen-bond acceptors (Lipinski definition) is 5. The molecule has 0 aliphatic carbocycles. The first-order valence-electron chi connectivity index (χ1n) is 6.29. The summed E-state index contributed by atoms with van der Waals surface area (Å²) in [6.45, 7) is 2.19. The molecular formula is C13H15N3O2S. The molecule has 0 radical (unpaired) electrons. The molecule has 1 atom stereocenters. The minimum Gasteiger partial charge on any atom is -0.462 e. The van der Waals surface area contributed by atoms with Gasteiger partial charge in [-0.3, -0.25) is 4.79 Å². The third-order valence-corrected chi connectivity index (χ3v) is 4.06. The molecule has 1 aliphatic rings. The fourth-order valence-corrected chi connectivity index (χ4v) is 2.89. The Balaban J connectivity index is 1.57. The molecule has 19 heavy (non-hydrogen) atoms. The number of furan rings is 1. The molecule has 2 aromatic rings. The first kappa shape index (κ1) is 12.4. The number of amides is 1. The molecule has 5 nitrogen and oxygen atoms in total. The summed E-state index contributed by atoms with van der Waals surface area (Å²) in [6, 6.07) is 3.72. The third kappa shape index (κ3) is 2.85. The molecule has 1 saturated heterocycles. The minimum atomic E-state index is 0.100. The Morgan fingerprint density at radius 1 is 1.63 bits per heavy atom. The highest BCUT2D eigenvalue weighted by atomic mass is 32.1. The standard InChI is InChI=1S/C13H15N3O2S/c17-12(9-3-4-14-6-9)15-7-10-8-19-13(16-10)11-2-1-5-18-11/h1-2,5,8-9,14H,3-4,6-7H2,(H,15,17). The Hall–Kier alpha value is -1.66. The van der Waals surface area contributed by atoms with Crippen LogP contribution in [0.15, 0.2) is 28.2 Å². The topological polar surface area (TPSA) is 67.2 Å². The summed E-state index contributed by atoms with van der Waals surface area (Å²) in [5, 5.41) is 8.92. The van der Waals surface area contributed by atoms with Crippen LogP contribution in [0.2, 0.25) is 0 Å². The molecule has 100 valence electrons. The summed E-state index contributed by atoms with van der Waals surface area (Å²) in [7, 11) is 0. The van der Waals surface area contributed by atoms with Gasteiger partial charge in [-0.15, -0.1) is 11.3 Å². The lowest BCUT2D eigenvalue weighted by Crippen LogP contribution is -2.31. The summed E-state index contributed by atoms with van der Waals surface area (Å²) in [5.41, 5.74) is 0.871. The average molecular weight is 277 g/mol. The van der Waals surface area contributed by atoms with E-state index in [0.29, 0.717) is 6.54 Å². The lowest BCUT2D eigenvalue weighted by molar-refractivity contribution is -0.124. The van der Waals surface area contributed by atoms with E-state index in [9.17, 15) is 4.79 Å². The predicted octanol–water partition coefficient (Wildman–Crippen LogP) is 1.63. The molecule has 1 amide bonds. The first-order chi connectivity index (χ1) is 9.33. The Bertz CT molecular complexity index is 544. The quantitative estimate of drug-likeness (QED) is 0.891. The van der Waals surface area contributed by atoms with Crippen LogP contribution in [0.4, 0.5) is 0 Å². The molecule has 0 spiro atoms. The minimum absolute atomic E-state index is 0.100. The molecule has 0 saturated carbocycles. The molecule has 1 aliphatic heterocycles. The van der Waals surface area contributed by atoms with Gasteiger partial charge in [-0.25, -0.2) is 4.98 Å². The largest absolute Gasteiger partial charge is 0.462 e. The summed E-state index contributed by atoms with van der Waals surface area (Å²) in [6.07, 6.45) is 2.55. The van der Waals surface area contributed by atoms with Crippen molar-refractivity contribution in [3.63, 3.8) is 0 Å². The molecule has 0 bridgehead atoms. The Morgan fingerprint density at radius 2 is 2.58 bits per heavy atom. The van der Waals surface area contributed by atoms with E-state index in [1.165, 1.54) is 11.3 Å². The highest BCUT2D eigenvalue weighted by Crippen LogP contribution is 2.23. The molecule has 3 rings (SSSR count). The van der Waals surface area contributed by atoms with Crippen molar-refractivity contribution in [2.45, 2.75) is 13.0 Å². The van der Waals surface area contributed by atoms with Crippen LogP contribution in [0.25, 0.3) is 10.8 Å². The van der Waals surface area contributed by atoms with Gasteiger partial charge in [0.1, 0.15) is 0 Å². The lowest BCUT2D eigenvalue weighted by atomic mass is 10.1. The van der Waals surface area contributed by atoms with Gasteiger partial charge in [-0.1, -0.05) is 0 Å². The van der Waals surface area contributed by atoms with Gasteiger partial charge in [-0.2, -0.15) is 0 Å². The van der Waals surface area contributed by atoms with Gasteiger partial charge in [0, 0.05) is 11.9 Å².